The summed E-state index contributed by atoms with van der Waals surface area (Å²) in [5.74, 6) is 1.20. The summed E-state index contributed by atoms with van der Waals surface area (Å²) in [6.07, 6.45) is 4.38. The molecule has 7 heteroatoms. The Balaban J connectivity index is 2.08. The van der Waals surface area contributed by atoms with Gasteiger partial charge in [-0.05, 0) is 31.4 Å². The number of halogens is 1. The summed E-state index contributed by atoms with van der Waals surface area (Å²) in [5.41, 5.74) is 0. The maximum absolute atomic E-state index is 9.40. The van der Waals surface area contributed by atoms with Crippen LogP contribution in [-0.2, 0) is 0 Å². The monoisotopic (exact) mass is 285 g/mol. The van der Waals surface area contributed by atoms with E-state index in [0.717, 1.165) is 25.8 Å². The first-order valence-corrected chi connectivity index (χ1v) is 7.13. The van der Waals surface area contributed by atoms with Gasteiger partial charge in [-0.25, -0.2) is 0 Å². The van der Waals surface area contributed by atoms with Crippen LogP contribution in [0.1, 0.15) is 32.6 Å². The Morgan fingerprint density at radius 3 is 2.68 bits per heavy atom. The van der Waals surface area contributed by atoms with Crippen LogP contribution >= 0.6 is 11.6 Å². The number of aromatic nitrogens is 3. The van der Waals surface area contributed by atoms with Gasteiger partial charge in [-0.15, -0.1) is 0 Å². The molecule has 0 saturated heterocycles. The fourth-order valence-corrected chi connectivity index (χ4v) is 2.59. The number of hydrogen-bond donors (Lipinski definition) is 3. The van der Waals surface area contributed by atoms with Gasteiger partial charge < -0.3 is 15.7 Å². The predicted octanol–water partition coefficient (Wildman–Crippen LogP) is 1.92. The van der Waals surface area contributed by atoms with E-state index in [-0.39, 0.29) is 23.9 Å². The molecule has 0 aliphatic heterocycles. The lowest BCUT2D eigenvalue weighted by molar-refractivity contribution is 0.178. The maximum Gasteiger partial charge on any atom is 0.229 e. The molecule has 0 spiro atoms. The van der Waals surface area contributed by atoms with E-state index in [1.54, 1.807) is 0 Å². The van der Waals surface area contributed by atoms with Gasteiger partial charge in [-0.3, -0.25) is 0 Å². The van der Waals surface area contributed by atoms with Gasteiger partial charge in [0.1, 0.15) is 0 Å². The fraction of sp³-hybridized carbons (Fsp3) is 0.750. The van der Waals surface area contributed by atoms with Crippen LogP contribution in [0.15, 0.2) is 0 Å². The molecule has 2 unspecified atom stereocenters. The molecular weight excluding hydrogens is 266 g/mol. The van der Waals surface area contributed by atoms with Crippen LogP contribution < -0.4 is 10.6 Å². The SMILES string of the molecule is CCNc1nc(Cl)nc(NC2CCCCC2CO)n1. The topological polar surface area (TPSA) is 83.0 Å². The maximum atomic E-state index is 9.40. The average molecular weight is 286 g/mol. The molecular formula is C12H20ClN5O. The minimum atomic E-state index is 0.171. The van der Waals surface area contributed by atoms with E-state index in [0.29, 0.717) is 11.9 Å². The average Bonchev–Trinajstić information content (AvgIpc) is 2.39. The standard InChI is InChI=1S/C12H20ClN5O/c1-2-14-11-16-10(13)17-12(18-11)15-9-6-4-3-5-8(9)7-19/h8-9,19H,2-7H2,1H3,(H2,14,15,16,17,18). The molecule has 19 heavy (non-hydrogen) atoms. The molecule has 1 fully saturated rings. The predicted molar refractivity (Wildman–Crippen MR) is 75.5 cm³/mol. The van der Waals surface area contributed by atoms with E-state index in [1.165, 1.54) is 6.42 Å². The quantitative estimate of drug-likeness (QED) is 0.767. The first kappa shape index (κ1) is 14.3. The molecule has 1 heterocycles. The third-order valence-corrected chi connectivity index (χ3v) is 3.57. The van der Waals surface area contributed by atoms with Gasteiger partial charge in [-0.1, -0.05) is 12.8 Å². The first-order chi connectivity index (χ1) is 9.22. The molecule has 0 bridgehead atoms. The summed E-state index contributed by atoms with van der Waals surface area (Å²) in [7, 11) is 0. The highest BCUT2D eigenvalue weighted by molar-refractivity contribution is 6.28. The Morgan fingerprint density at radius 1 is 1.21 bits per heavy atom. The first-order valence-electron chi connectivity index (χ1n) is 6.75. The number of hydrogen-bond acceptors (Lipinski definition) is 6. The molecule has 1 aromatic rings. The molecule has 1 saturated carbocycles. The lowest BCUT2D eigenvalue weighted by atomic mass is 9.85. The molecule has 1 aliphatic rings. The molecule has 2 atom stereocenters. The summed E-state index contributed by atoms with van der Waals surface area (Å²) in [6.45, 7) is 2.88. The third-order valence-electron chi connectivity index (χ3n) is 3.40. The highest BCUT2D eigenvalue weighted by atomic mass is 35.5. The Hall–Kier alpha value is -1.14. The highest BCUT2D eigenvalue weighted by Gasteiger charge is 2.25. The van der Waals surface area contributed by atoms with Crippen LogP contribution in [-0.4, -0.2) is 39.3 Å². The second kappa shape index (κ2) is 6.86. The van der Waals surface area contributed by atoms with Crippen molar-refractivity contribution in [3.05, 3.63) is 5.28 Å². The van der Waals surface area contributed by atoms with Gasteiger partial charge in [0.15, 0.2) is 0 Å². The van der Waals surface area contributed by atoms with Gasteiger partial charge in [0.25, 0.3) is 0 Å². The highest BCUT2D eigenvalue weighted by Crippen LogP contribution is 2.26. The molecule has 1 aliphatic carbocycles. The Labute approximate surface area is 118 Å². The smallest absolute Gasteiger partial charge is 0.229 e. The number of nitrogens with zero attached hydrogens (tertiary/aromatic N) is 3. The largest absolute Gasteiger partial charge is 0.396 e. The van der Waals surface area contributed by atoms with Crippen molar-refractivity contribution in [2.24, 2.45) is 5.92 Å². The molecule has 2 rings (SSSR count). The van der Waals surface area contributed by atoms with E-state index in [1.807, 2.05) is 6.92 Å². The van der Waals surface area contributed by atoms with Crippen LogP contribution in [0.3, 0.4) is 0 Å². The lowest BCUT2D eigenvalue weighted by Crippen LogP contribution is -2.35. The van der Waals surface area contributed by atoms with E-state index < -0.39 is 0 Å². The zero-order valence-corrected chi connectivity index (χ0v) is 11.8. The summed E-state index contributed by atoms with van der Waals surface area (Å²) < 4.78 is 0. The summed E-state index contributed by atoms with van der Waals surface area (Å²) in [4.78, 5) is 12.4. The molecule has 3 N–H and O–H groups in total. The van der Waals surface area contributed by atoms with E-state index >= 15 is 0 Å². The minimum absolute atomic E-state index is 0.171. The summed E-state index contributed by atoms with van der Waals surface area (Å²) in [6, 6.07) is 0.201. The molecule has 6 nitrogen and oxygen atoms in total. The van der Waals surface area contributed by atoms with Gasteiger partial charge in [0, 0.05) is 25.1 Å². The Kier molecular flexibility index (Phi) is 5.15. The molecule has 106 valence electrons. The number of aliphatic hydroxyl groups is 1. The third kappa shape index (κ3) is 3.91. The van der Waals surface area contributed by atoms with Crippen molar-refractivity contribution < 1.29 is 5.11 Å². The van der Waals surface area contributed by atoms with Gasteiger partial charge in [0.05, 0.1) is 0 Å². The van der Waals surface area contributed by atoms with Crippen LogP contribution in [0.2, 0.25) is 5.28 Å². The molecule has 0 amide bonds. The minimum Gasteiger partial charge on any atom is -0.396 e. The molecule has 0 radical (unpaired) electrons. The van der Waals surface area contributed by atoms with Gasteiger partial charge in [-0.2, -0.15) is 15.0 Å². The van der Waals surface area contributed by atoms with Crippen LogP contribution in [0.5, 0.6) is 0 Å². The number of nitrogens with one attached hydrogen (secondary N) is 2. The van der Waals surface area contributed by atoms with Crippen LogP contribution in [0.4, 0.5) is 11.9 Å². The zero-order chi connectivity index (χ0) is 13.7. The van der Waals surface area contributed by atoms with Crippen LogP contribution in [0.25, 0.3) is 0 Å². The summed E-state index contributed by atoms with van der Waals surface area (Å²) >= 11 is 5.88. The van der Waals surface area contributed by atoms with Crippen LogP contribution in [0, 0.1) is 5.92 Å². The number of aliphatic hydroxyl groups excluding tert-OH is 1. The van der Waals surface area contributed by atoms with Crippen molar-refractivity contribution in [2.45, 2.75) is 38.6 Å². The zero-order valence-electron chi connectivity index (χ0n) is 11.1. The Morgan fingerprint density at radius 2 is 1.95 bits per heavy atom. The normalized spacial score (nSPS) is 23.1. The van der Waals surface area contributed by atoms with E-state index in [2.05, 4.69) is 25.6 Å². The fourth-order valence-electron chi connectivity index (χ4n) is 2.43. The number of anilines is 2. The van der Waals surface area contributed by atoms with Crippen molar-refractivity contribution in [1.29, 1.82) is 0 Å². The van der Waals surface area contributed by atoms with Crippen molar-refractivity contribution in [2.75, 3.05) is 23.8 Å². The Bertz CT molecular complexity index is 417. The second-order valence-corrected chi connectivity index (χ2v) is 5.10. The van der Waals surface area contributed by atoms with Crippen molar-refractivity contribution in [3.8, 4) is 0 Å². The van der Waals surface area contributed by atoms with Gasteiger partial charge >= 0.3 is 0 Å². The van der Waals surface area contributed by atoms with Crippen molar-refractivity contribution in [3.63, 3.8) is 0 Å². The number of rotatable bonds is 5. The van der Waals surface area contributed by atoms with Crippen molar-refractivity contribution in [1.82, 2.24) is 15.0 Å². The second-order valence-electron chi connectivity index (χ2n) is 4.76. The summed E-state index contributed by atoms with van der Waals surface area (Å²) in [5, 5.41) is 15.9. The van der Waals surface area contributed by atoms with E-state index in [9.17, 15) is 5.11 Å². The molecule has 1 aromatic heterocycles. The molecule has 0 aromatic carbocycles. The van der Waals surface area contributed by atoms with Gasteiger partial charge in [0.2, 0.25) is 17.2 Å². The van der Waals surface area contributed by atoms with E-state index in [4.69, 9.17) is 11.6 Å². The lowest BCUT2D eigenvalue weighted by Gasteiger charge is -2.30. The van der Waals surface area contributed by atoms with Crippen molar-refractivity contribution >= 4 is 23.5 Å².